The number of aliphatic carboxylic acids is 1. The molecule has 1 aliphatic carbocycles. The van der Waals surface area contributed by atoms with Gasteiger partial charge in [-0.1, -0.05) is 6.07 Å². The molecule has 1 fully saturated rings. The van der Waals surface area contributed by atoms with Crippen LogP contribution in [-0.2, 0) is 4.79 Å². The van der Waals surface area contributed by atoms with Crippen molar-refractivity contribution in [3.63, 3.8) is 0 Å². The van der Waals surface area contributed by atoms with Crippen LogP contribution in [0.3, 0.4) is 0 Å². The van der Waals surface area contributed by atoms with Gasteiger partial charge in [0.05, 0.1) is 20.6 Å². The fourth-order valence-corrected chi connectivity index (χ4v) is 2.43. The van der Waals surface area contributed by atoms with Crippen molar-refractivity contribution in [3.8, 4) is 11.5 Å². The van der Waals surface area contributed by atoms with Gasteiger partial charge in [-0.15, -0.1) is 0 Å². The molecule has 1 aliphatic rings. The van der Waals surface area contributed by atoms with Crippen molar-refractivity contribution in [2.75, 3.05) is 14.2 Å². The molecule has 0 heterocycles. The van der Waals surface area contributed by atoms with Gasteiger partial charge < -0.3 is 14.6 Å². The summed E-state index contributed by atoms with van der Waals surface area (Å²) in [5, 5.41) is 9.00. The van der Waals surface area contributed by atoms with E-state index in [2.05, 4.69) is 0 Å². The second-order valence-corrected chi connectivity index (χ2v) is 4.75. The number of carboxylic acid groups (broad SMARTS) is 1. The van der Waals surface area contributed by atoms with Crippen LogP contribution >= 0.6 is 0 Å². The Kier molecular flexibility index (Phi) is 3.93. The molecule has 1 aromatic rings. The molecule has 5 heteroatoms. The quantitative estimate of drug-likeness (QED) is 0.862. The summed E-state index contributed by atoms with van der Waals surface area (Å²) in [6.45, 7) is 0. The number of methoxy groups -OCH3 is 2. The van der Waals surface area contributed by atoms with E-state index in [1.807, 2.05) is 0 Å². The van der Waals surface area contributed by atoms with Crippen LogP contribution in [0, 0.1) is 11.7 Å². The Bertz CT molecular complexity index is 483. The average molecular weight is 268 g/mol. The normalized spacial score (nSPS) is 15.9. The van der Waals surface area contributed by atoms with Crippen LogP contribution in [0.2, 0.25) is 0 Å². The van der Waals surface area contributed by atoms with E-state index in [1.54, 1.807) is 6.07 Å². The first-order valence-corrected chi connectivity index (χ1v) is 6.20. The second-order valence-electron chi connectivity index (χ2n) is 4.75. The van der Waals surface area contributed by atoms with E-state index in [-0.39, 0.29) is 23.8 Å². The highest BCUT2D eigenvalue weighted by Crippen LogP contribution is 2.48. The number of ether oxygens (including phenoxy) is 2. The minimum Gasteiger partial charge on any atom is -0.494 e. The monoisotopic (exact) mass is 268 g/mol. The van der Waals surface area contributed by atoms with Gasteiger partial charge in [0.25, 0.3) is 0 Å². The molecule has 0 aromatic heterocycles. The van der Waals surface area contributed by atoms with E-state index >= 15 is 0 Å². The van der Waals surface area contributed by atoms with E-state index in [9.17, 15) is 9.18 Å². The molecule has 0 amide bonds. The summed E-state index contributed by atoms with van der Waals surface area (Å²) in [5.41, 5.74) is 0.616. The molecule has 2 rings (SSSR count). The lowest BCUT2D eigenvalue weighted by atomic mass is 9.90. The number of carboxylic acids is 1. The fourth-order valence-electron chi connectivity index (χ4n) is 2.43. The summed E-state index contributed by atoms with van der Waals surface area (Å²) in [7, 11) is 2.76. The van der Waals surface area contributed by atoms with E-state index in [1.165, 1.54) is 20.3 Å². The Morgan fingerprint density at radius 3 is 2.58 bits per heavy atom. The summed E-state index contributed by atoms with van der Waals surface area (Å²) >= 11 is 0. The first-order chi connectivity index (χ1) is 9.08. The summed E-state index contributed by atoms with van der Waals surface area (Å²) in [4.78, 5) is 11.0. The van der Waals surface area contributed by atoms with Gasteiger partial charge in [-0.3, -0.25) is 4.79 Å². The van der Waals surface area contributed by atoms with Gasteiger partial charge in [-0.2, -0.15) is 4.39 Å². The van der Waals surface area contributed by atoms with Crippen LogP contribution < -0.4 is 9.47 Å². The molecule has 1 aromatic carbocycles. The first-order valence-electron chi connectivity index (χ1n) is 6.20. The Morgan fingerprint density at radius 2 is 2.11 bits per heavy atom. The third-order valence-corrected chi connectivity index (χ3v) is 3.50. The van der Waals surface area contributed by atoms with Crippen molar-refractivity contribution in [1.82, 2.24) is 0 Å². The topological polar surface area (TPSA) is 55.8 Å². The van der Waals surface area contributed by atoms with Crippen molar-refractivity contribution in [2.24, 2.45) is 5.92 Å². The minimum absolute atomic E-state index is 0.00715. The van der Waals surface area contributed by atoms with Crippen LogP contribution in [0.1, 0.15) is 30.7 Å². The first kappa shape index (κ1) is 13.6. The lowest BCUT2D eigenvalue weighted by Gasteiger charge is -2.19. The van der Waals surface area contributed by atoms with Crippen molar-refractivity contribution in [2.45, 2.75) is 25.2 Å². The molecular weight excluding hydrogens is 251 g/mol. The van der Waals surface area contributed by atoms with Gasteiger partial charge in [0.15, 0.2) is 11.5 Å². The number of benzene rings is 1. The Hall–Kier alpha value is -1.78. The fraction of sp³-hybridized carbons (Fsp3) is 0.500. The summed E-state index contributed by atoms with van der Waals surface area (Å²) in [5.74, 6) is -1.15. The molecule has 0 spiro atoms. The van der Waals surface area contributed by atoms with E-state index in [0.29, 0.717) is 11.5 Å². The standard InChI is InChI=1S/C14H17FO4/c1-18-11-6-5-9(14(19-2)13(11)15)10(7-12(16)17)8-3-4-8/h5-6,8,10H,3-4,7H2,1-2H3,(H,16,17). The average Bonchev–Trinajstić information content (AvgIpc) is 3.19. The summed E-state index contributed by atoms with van der Waals surface area (Å²) in [6, 6.07) is 3.22. The molecule has 4 nitrogen and oxygen atoms in total. The molecule has 0 bridgehead atoms. The lowest BCUT2D eigenvalue weighted by Crippen LogP contribution is -2.11. The lowest BCUT2D eigenvalue weighted by molar-refractivity contribution is -0.137. The third kappa shape index (κ3) is 2.80. The van der Waals surface area contributed by atoms with Gasteiger partial charge in [-0.05, 0) is 24.8 Å². The number of hydrogen-bond acceptors (Lipinski definition) is 3. The Morgan fingerprint density at radius 1 is 1.42 bits per heavy atom. The zero-order chi connectivity index (χ0) is 14.0. The highest BCUT2D eigenvalue weighted by Gasteiger charge is 2.36. The molecule has 1 saturated carbocycles. The van der Waals surface area contributed by atoms with Gasteiger partial charge in [0.2, 0.25) is 5.82 Å². The smallest absolute Gasteiger partial charge is 0.303 e. The van der Waals surface area contributed by atoms with Crippen LogP contribution in [0.15, 0.2) is 12.1 Å². The number of carbonyl (C=O) groups is 1. The van der Waals surface area contributed by atoms with E-state index < -0.39 is 11.8 Å². The number of hydrogen-bond donors (Lipinski definition) is 1. The van der Waals surface area contributed by atoms with Gasteiger partial charge in [0.1, 0.15) is 0 Å². The van der Waals surface area contributed by atoms with Gasteiger partial charge in [0, 0.05) is 11.5 Å². The molecule has 19 heavy (non-hydrogen) atoms. The molecule has 104 valence electrons. The van der Waals surface area contributed by atoms with Crippen molar-refractivity contribution >= 4 is 5.97 Å². The van der Waals surface area contributed by atoms with Crippen LogP contribution in [0.25, 0.3) is 0 Å². The Balaban J connectivity index is 2.41. The largest absolute Gasteiger partial charge is 0.494 e. The molecule has 0 radical (unpaired) electrons. The second kappa shape index (κ2) is 5.47. The maximum atomic E-state index is 14.1. The zero-order valence-corrected chi connectivity index (χ0v) is 11.0. The Labute approximate surface area is 111 Å². The highest BCUT2D eigenvalue weighted by molar-refractivity contribution is 5.68. The maximum Gasteiger partial charge on any atom is 0.303 e. The van der Waals surface area contributed by atoms with Crippen LogP contribution in [-0.4, -0.2) is 25.3 Å². The predicted molar refractivity (Wildman–Crippen MR) is 67.2 cm³/mol. The van der Waals surface area contributed by atoms with Crippen LogP contribution in [0.5, 0.6) is 11.5 Å². The molecule has 0 saturated heterocycles. The van der Waals surface area contributed by atoms with Crippen molar-refractivity contribution < 1.29 is 23.8 Å². The van der Waals surface area contributed by atoms with Crippen molar-refractivity contribution in [1.29, 1.82) is 0 Å². The highest BCUT2D eigenvalue weighted by atomic mass is 19.1. The summed E-state index contributed by atoms with van der Waals surface area (Å²) in [6.07, 6.45) is 1.95. The third-order valence-electron chi connectivity index (χ3n) is 3.50. The maximum absolute atomic E-state index is 14.1. The molecule has 1 N–H and O–H groups in total. The van der Waals surface area contributed by atoms with Crippen molar-refractivity contribution in [3.05, 3.63) is 23.5 Å². The summed E-state index contributed by atoms with van der Waals surface area (Å²) < 4.78 is 24.1. The zero-order valence-electron chi connectivity index (χ0n) is 11.0. The van der Waals surface area contributed by atoms with E-state index in [0.717, 1.165) is 12.8 Å². The van der Waals surface area contributed by atoms with Crippen LogP contribution in [0.4, 0.5) is 4.39 Å². The van der Waals surface area contributed by atoms with Gasteiger partial charge in [-0.25, -0.2) is 0 Å². The molecule has 1 atom stereocenters. The molecule has 1 unspecified atom stereocenters. The molecular formula is C14H17FO4. The minimum atomic E-state index is -0.879. The van der Waals surface area contributed by atoms with E-state index in [4.69, 9.17) is 14.6 Å². The number of halogens is 1. The molecule has 0 aliphatic heterocycles. The number of rotatable bonds is 6. The van der Waals surface area contributed by atoms with Gasteiger partial charge >= 0.3 is 5.97 Å². The predicted octanol–water partition coefficient (Wildman–Crippen LogP) is 2.81. The SMILES string of the molecule is COc1ccc(C(CC(=O)O)C2CC2)c(OC)c1F.